The second-order valence-corrected chi connectivity index (χ2v) is 16.0. The van der Waals surface area contributed by atoms with Gasteiger partial charge in [0.2, 0.25) is 5.91 Å². The van der Waals surface area contributed by atoms with Gasteiger partial charge in [-0.3, -0.25) is 14.4 Å². The standard InChI is InChI=1S/C45H45N3O5S2/c1-29(2)31-25-23-30(24-26-31)27-37(47-41(49)33-17-10-7-11-18-33)42(50)46-34-19-14-20-35(28-34)54-40(32-15-8-6-9-16-32)43(51)48-44-39(45(52)53-3)36-21-12-4-5-13-22-38(36)55-44/h6-11,14-20,23-29,40H,4-5,12-13,21-22H2,1-3H3,(H,46,50)(H,47,49)(H,48,51)/b37-27+. The molecule has 1 aliphatic rings. The van der Waals surface area contributed by atoms with Crippen molar-refractivity contribution in [3.63, 3.8) is 0 Å². The fraction of sp³-hybridized carbons (Fsp3) is 0.244. The molecule has 0 fully saturated rings. The minimum atomic E-state index is -0.684. The summed E-state index contributed by atoms with van der Waals surface area (Å²) in [7, 11) is 1.37. The van der Waals surface area contributed by atoms with Gasteiger partial charge in [0.1, 0.15) is 15.9 Å². The molecule has 8 nitrogen and oxygen atoms in total. The Bertz CT molecular complexity index is 2160. The summed E-state index contributed by atoms with van der Waals surface area (Å²) < 4.78 is 5.20. The number of methoxy groups -OCH3 is 1. The number of ether oxygens (including phenoxy) is 1. The van der Waals surface area contributed by atoms with Gasteiger partial charge in [-0.1, -0.05) is 106 Å². The number of thioether (sulfide) groups is 1. The lowest BCUT2D eigenvalue weighted by atomic mass is 9.96. The van der Waals surface area contributed by atoms with Gasteiger partial charge in [-0.2, -0.15) is 0 Å². The van der Waals surface area contributed by atoms with E-state index in [4.69, 9.17) is 4.74 Å². The highest BCUT2D eigenvalue weighted by Gasteiger charge is 2.29. The van der Waals surface area contributed by atoms with Crippen molar-refractivity contribution in [1.82, 2.24) is 5.32 Å². The maximum atomic E-state index is 14.2. The minimum absolute atomic E-state index is 0.0807. The molecule has 1 aliphatic carbocycles. The van der Waals surface area contributed by atoms with Gasteiger partial charge < -0.3 is 20.7 Å². The number of aryl methyl sites for hydroxylation is 1. The van der Waals surface area contributed by atoms with E-state index >= 15 is 0 Å². The number of amides is 3. The Morgan fingerprint density at radius 3 is 2.15 bits per heavy atom. The SMILES string of the molecule is COC(=O)c1c(NC(=O)C(Sc2cccc(NC(=O)/C(=C\c3ccc(C(C)C)cc3)NC(=O)c3ccccc3)c2)c2ccccc2)sc2c1CCCCCC2. The molecule has 3 N–H and O–H groups in total. The van der Waals surface area contributed by atoms with Crippen molar-refractivity contribution in [2.24, 2.45) is 0 Å². The van der Waals surface area contributed by atoms with Gasteiger partial charge in [0.25, 0.3) is 11.8 Å². The predicted molar refractivity (Wildman–Crippen MR) is 223 cm³/mol. The minimum Gasteiger partial charge on any atom is -0.465 e. The zero-order chi connectivity index (χ0) is 38.7. The smallest absolute Gasteiger partial charge is 0.341 e. The van der Waals surface area contributed by atoms with Gasteiger partial charge in [0.05, 0.1) is 12.7 Å². The predicted octanol–water partition coefficient (Wildman–Crippen LogP) is 10.2. The molecular weight excluding hydrogens is 727 g/mol. The fourth-order valence-corrected chi connectivity index (χ4v) is 8.84. The highest BCUT2D eigenvalue weighted by atomic mass is 32.2. The van der Waals surface area contributed by atoms with Gasteiger partial charge in [0.15, 0.2) is 0 Å². The molecule has 0 aliphatic heterocycles. The number of esters is 1. The maximum Gasteiger partial charge on any atom is 0.341 e. The molecule has 0 radical (unpaired) electrons. The van der Waals surface area contributed by atoms with Crippen molar-refractivity contribution in [3.05, 3.63) is 153 Å². The molecule has 6 rings (SSSR count). The number of rotatable bonds is 12. The first-order valence-corrected chi connectivity index (χ1v) is 20.2. The number of carbonyl (C=O) groups is 4. The van der Waals surface area contributed by atoms with Crippen LogP contribution in [0.4, 0.5) is 10.7 Å². The molecule has 0 spiro atoms. The Hall–Kier alpha value is -5.45. The molecule has 5 aromatic rings. The molecule has 0 saturated heterocycles. The van der Waals surface area contributed by atoms with Crippen molar-refractivity contribution in [1.29, 1.82) is 0 Å². The van der Waals surface area contributed by atoms with Gasteiger partial charge >= 0.3 is 5.97 Å². The number of nitrogens with one attached hydrogen (secondary N) is 3. The van der Waals surface area contributed by atoms with Crippen molar-refractivity contribution >= 4 is 63.6 Å². The van der Waals surface area contributed by atoms with Gasteiger partial charge in [-0.15, -0.1) is 23.1 Å². The van der Waals surface area contributed by atoms with E-state index in [2.05, 4.69) is 29.8 Å². The topological polar surface area (TPSA) is 114 Å². The van der Waals surface area contributed by atoms with Gasteiger partial charge in [0, 0.05) is 21.0 Å². The molecule has 10 heteroatoms. The summed E-state index contributed by atoms with van der Waals surface area (Å²) >= 11 is 2.80. The molecule has 1 unspecified atom stereocenters. The van der Waals surface area contributed by atoms with Gasteiger partial charge in [-0.05, 0) is 90.3 Å². The maximum absolute atomic E-state index is 14.2. The summed E-state index contributed by atoms with van der Waals surface area (Å²) in [5.41, 5.74) is 5.15. The van der Waals surface area contributed by atoms with E-state index in [1.165, 1.54) is 30.2 Å². The van der Waals surface area contributed by atoms with Crippen molar-refractivity contribution in [2.75, 3.05) is 17.7 Å². The van der Waals surface area contributed by atoms with Crippen LogP contribution < -0.4 is 16.0 Å². The number of fused-ring (bicyclic) bond motifs is 1. The summed E-state index contributed by atoms with van der Waals surface area (Å²) in [5.74, 6) is -1.27. The number of thiophene rings is 1. The van der Waals surface area contributed by atoms with E-state index in [1.807, 2.05) is 72.8 Å². The Balaban J connectivity index is 1.25. The van der Waals surface area contributed by atoms with Gasteiger partial charge in [-0.25, -0.2) is 4.79 Å². The van der Waals surface area contributed by atoms with Crippen LogP contribution in [-0.4, -0.2) is 30.8 Å². The normalized spacial score (nSPS) is 13.5. The number of anilines is 2. The van der Waals surface area contributed by atoms with E-state index in [0.717, 1.165) is 70.6 Å². The van der Waals surface area contributed by atoms with Crippen LogP contribution in [0.5, 0.6) is 0 Å². The lowest BCUT2D eigenvalue weighted by Crippen LogP contribution is -2.30. The Kier molecular flexibility index (Phi) is 13.4. The Labute approximate surface area is 330 Å². The summed E-state index contributed by atoms with van der Waals surface area (Å²) in [6.45, 7) is 4.23. The zero-order valence-electron chi connectivity index (χ0n) is 31.2. The van der Waals surface area contributed by atoms with Crippen molar-refractivity contribution < 1.29 is 23.9 Å². The lowest BCUT2D eigenvalue weighted by Gasteiger charge is -2.18. The van der Waals surface area contributed by atoms with E-state index in [-0.39, 0.29) is 11.6 Å². The van der Waals surface area contributed by atoms with Crippen LogP contribution in [0.1, 0.15) is 98.5 Å². The molecule has 1 atom stereocenters. The van der Waals surface area contributed by atoms with Crippen LogP contribution in [0.15, 0.2) is 120 Å². The molecule has 1 heterocycles. The molecule has 1 aromatic heterocycles. The van der Waals surface area contributed by atoms with E-state index < -0.39 is 23.0 Å². The first-order chi connectivity index (χ1) is 26.7. The zero-order valence-corrected chi connectivity index (χ0v) is 32.9. The third-order valence-electron chi connectivity index (χ3n) is 9.43. The summed E-state index contributed by atoms with van der Waals surface area (Å²) in [4.78, 5) is 56.3. The quantitative estimate of drug-likeness (QED) is 0.0661. The molecular formula is C45H45N3O5S2. The largest absolute Gasteiger partial charge is 0.465 e. The molecule has 55 heavy (non-hydrogen) atoms. The Morgan fingerprint density at radius 2 is 1.45 bits per heavy atom. The third kappa shape index (κ3) is 10.2. The molecule has 282 valence electrons. The van der Waals surface area contributed by atoms with E-state index in [0.29, 0.717) is 27.7 Å². The number of hydrogen-bond acceptors (Lipinski definition) is 7. The summed E-state index contributed by atoms with van der Waals surface area (Å²) in [5, 5.41) is 8.70. The summed E-state index contributed by atoms with van der Waals surface area (Å²) in [6.07, 6.45) is 7.58. The third-order valence-corrected chi connectivity index (χ3v) is 11.9. The average molecular weight is 772 g/mol. The second kappa shape index (κ2) is 18.7. The first kappa shape index (κ1) is 39.2. The average Bonchev–Trinajstić information content (AvgIpc) is 3.52. The highest BCUT2D eigenvalue weighted by molar-refractivity contribution is 8.00. The van der Waals surface area contributed by atoms with Crippen LogP contribution in [0.2, 0.25) is 0 Å². The van der Waals surface area contributed by atoms with Crippen LogP contribution in [0.25, 0.3) is 6.08 Å². The van der Waals surface area contributed by atoms with Crippen molar-refractivity contribution in [3.8, 4) is 0 Å². The van der Waals surface area contributed by atoms with E-state index in [9.17, 15) is 19.2 Å². The van der Waals surface area contributed by atoms with Crippen LogP contribution in [0.3, 0.4) is 0 Å². The monoisotopic (exact) mass is 771 g/mol. The molecule has 4 aromatic carbocycles. The fourth-order valence-electron chi connectivity index (χ4n) is 6.47. The lowest BCUT2D eigenvalue weighted by molar-refractivity contribution is -0.116. The highest BCUT2D eigenvalue weighted by Crippen LogP contribution is 2.41. The number of hydrogen-bond donors (Lipinski definition) is 3. The first-order valence-electron chi connectivity index (χ1n) is 18.5. The number of benzene rings is 4. The Morgan fingerprint density at radius 1 is 0.764 bits per heavy atom. The number of carbonyl (C=O) groups excluding carboxylic acids is 4. The van der Waals surface area contributed by atoms with Crippen LogP contribution in [0, 0.1) is 0 Å². The van der Waals surface area contributed by atoms with Crippen LogP contribution >= 0.6 is 23.1 Å². The molecule has 3 amide bonds. The van der Waals surface area contributed by atoms with E-state index in [1.54, 1.807) is 42.5 Å². The second-order valence-electron chi connectivity index (χ2n) is 13.7. The molecule has 0 saturated carbocycles. The summed E-state index contributed by atoms with van der Waals surface area (Å²) in [6, 6.07) is 33.3. The van der Waals surface area contributed by atoms with Crippen LogP contribution in [-0.2, 0) is 27.2 Å². The molecule has 0 bridgehead atoms. The van der Waals surface area contributed by atoms with Crippen molar-refractivity contribution in [2.45, 2.75) is 68.4 Å².